The van der Waals surface area contributed by atoms with E-state index in [0.29, 0.717) is 6.04 Å². The molecule has 1 aromatic rings. The molecule has 1 atom stereocenters. The molecule has 0 saturated heterocycles. The van der Waals surface area contributed by atoms with E-state index in [0.717, 1.165) is 11.5 Å². The summed E-state index contributed by atoms with van der Waals surface area (Å²) in [7, 11) is 0. The van der Waals surface area contributed by atoms with Crippen molar-refractivity contribution >= 4 is 11.8 Å². The SMILES string of the molecule is Cc1ccccc1CSCC(C)N. The van der Waals surface area contributed by atoms with Crippen LogP contribution in [0.2, 0.25) is 0 Å². The predicted molar refractivity (Wildman–Crippen MR) is 61.0 cm³/mol. The van der Waals surface area contributed by atoms with E-state index in [1.165, 1.54) is 11.1 Å². The highest BCUT2D eigenvalue weighted by Gasteiger charge is 1.98. The summed E-state index contributed by atoms with van der Waals surface area (Å²) in [4.78, 5) is 0. The van der Waals surface area contributed by atoms with Crippen LogP contribution in [0.25, 0.3) is 0 Å². The molecule has 0 fully saturated rings. The lowest BCUT2D eigenvalue weighted by atomic mass is 10.1. The van der Waals surface area contributed by atoms with Crippen LogP contribution in [0.1, 0.15) is 18.1 Å². The van der Waals surface area contributed by atoms with Gasteiger partial charge in [-0.2, -0.15) is 11.8 Å². The van der Waals surface area contributed by atoms with E-state index in [2.05, 4.69) is 31.2 Å². The quantitative estimate of drug-likeness (QED) is 0.799. The van der Waals surface area contributed by atoms with E-state index in [-0.39, 0.29) is 0 Å². The maximum atomic E-state index is 5.67. The van der Waals surface area contributed by atoms with Gasteiger partial charge < -0.3 is 5.73 Å². The standard InChI is InChI=1S/C11H17NS/c1-9-5-3-4-6-11(9)8-13-7-10(2)12/h3-6,10H,7-8,12H2,1-2H3. The normalized spacial score (nSPS) is 12.8. The van der Waals surface area contributed by atoms with Gasteiger partial charge in [0.25, 0.3) is 0 Å². The minimum Gasteiger partial charge on any atom is -0.327 e. The van der Waals surface area contributed by atoms with Gasteiger partial charge in [-0.05, 0) is 25.0 Å². The van der Waals surface area contributed by atoms with Crippen molar-refractivity contribution in [3.05, 3.63) is 35.4 Å². The second-order valence-electron chi connectivity index (χ2n) is 3.42. The molecule has 1 unspecified atom stereocenters. The zero-order valence-corrected chi connectivity index (χ0v) is 9.10. The first-order valence-electron chi connectivity index (χ1n) is 4.58. The average molecular weight is 195 g/mol. The first-order chi connectivity index (χ1) is 6.20. The Morgan fingerprint density at radius 3 is 2.69 bits per heavy atom. The summed E-state index contributed by atoms with van der Waals surface area (Å²) in [6.45, 7) is 4.20. The Hall–Kier alpha value is -0.470. The number of hydrogen-bond donors (Lipinski definition) is 1. The van der Waals surface area contributed by atoms with E-state index in [1.807, 2.05) is 18.7 Å². The molecule has 1 rings (SSSR count). The molecule has 1 aromatic carbocycles. The van der Waals surface area contributed by atoms with Crippen LogP contribution in [0.15, 0.2) is 24.3 Å². The lowest BCUT2D eigenvalue weighted by molar-refractivity contribution is 0.847. The van der Waals surface area contributed by atoms with Gasteiger partial charge in [0.1, 0.15) is 0 Å². The van der Waals surface area contributed by atoms with Crippen LogP contribution in [0.5, 0.6) is 0 Å². The molecule has 0 aliphatic heterocycles. The number of nitrogens with two attached hydrogens (primary N) is 1. The smallest absolute Gasteiger partial charge is 0.0187 e. The Morgan fingerprint density at radius 2 is 2.08 bits per heavy atom. The molecule has 2 heteroatoms. The predicted octanol–water partition coefficient (Wildman–Crippen LogP) is 2.58. The van der Waals surface area contributed by atoms with Gasteiger partial charge in [-0.1, -0.05) is 24.3 Å². The van der Waals surface area contributed by atoms with Crippen molar-refractivity contribution in [2.45, 2.75) is 25.6 Å². The van der Waals surface area contributed by atoms with Gasteiger partial charge in [-0.15, -0.1) is 0 Å². The summed E-state index contributed by atoms with van der Waals surface area (Å²) < 4.78 is 0. The minimum absolute atomic E-state index is 0.300. The molecular formula is C11H17NS. The molecule has 0 aliphatic carbocycles. The zero-order valence-electron chi connectivity index (χ0n) is 8.29. The molecular weight excluding hydrogens is 178 g/mol. The minimum atomic E-state index is 0.300. The molecule has 2 N–H and O–H groups in total. The number of aryl methyl sites for hydroxylation is 1. The Labute approximate surface area is 84.7 Å². The van der Waals surface area contributed by atoms with Gasteiger partial charge in [-0.3, -0.25) is 0 Å². The zero-order chi connectivity index (χ0) is 9.68. The highest BCUT2D eigenvalue weighted by molar-refractivity contribution is 7.98. The fraction of sp³-hybridized carbons (Fsp3) is 0.455. The molecule has 0 bridgehead atoms. The molecule has 0 radical (unpaired) electrons. The van der Waals surface area contributed by atoms with Gasteiger partial charge in [0.2, 0.25) is 0 Å². The van der Waals surface area contributed by atoms with Crippen molar-refractivity contribution in [3.63, 3.8) is 0 Å². The highest BCUT2D eigenvalue weighted by Crippen LogP contribution is 2.15. The Kier molecular flexibility index (Phi) is 4.33. The Morgan fingerprint density at radius 1 is 1.38 bits per heavy atom. The molecule has 0 saturated carbocycles. The number of benzene rings is 1. The molecule has 13 heavy (non-hydrogen) atoms. The third kappa shape index (κ3) is 3.83. The maximum absolute atomic E-state index is 5.67. The summed E-state index contributed by atoms with van der Waals surface area (Å²) in [5.41, 5.74) is 8.47. The van der Waals surface area contributed by atoms with Gasteiger partial charge in [0, 0.05) is 17.5 Å². The maximum Gasteiger partial charge on any atom is 0.0187 e. The van der Waals surface area contributed by atoms with Crippen LogP contribution in [0.3, 0.4) is 0 Å². The summed E-state index contributed by atoms with van der Waals surface area (Å²) in [6, 6.07) is 8.81. The molecule has 0 heterocycles. The summed E-state index contributed by atoms with van der Waals surface area (Å²) in [6.07, 6.45) is 0. The van der Waals surface area contributed by atoms with E-state index in [1.54, 1.807) is 0 Å². The van der Waals surface area contributed by atoms with Crippen molar-refractivity contribution < 1.29 is 0 Å². The number of rotatable bonds is 4. The lowest BCUT2D eigenvalue weighted by Gasteiger charge is -2.06. The van der Waals surface area contributed by atoms with Crippen LogP contribution in [0.4, 0.5) is 0 Å². The lowest BCUT2D eigenvalue weighted by Crippen LogP contribution is -2.17. The third-order valence-corrected chi connectivity index (χ3v) is 3.18. The molecule has 1 nitrogen and oxygen atoms in total. The first-order valence-corrected chi connectivity index (χ1v) is 5.73. The average Bonchev–Trinajstić information content (AvgIpc) is 2.08. The van der Waals surface area contributed by atoms with Crippen LogP contribution >= 0.6 is 11.8 Å². The topological polar surface area (TPSA) is 26.0 Å². The summed E-state index contributed by atoms with van der Waals surface area (Å²) >= 11 is 1.90. The van der Waals surface area contributed by atoms with Crippen LogP contribution in [0, 0.1) is 6.92 Å². The van der Waals surface area contributed by atoms with Gasteiger partial charge >= 0.3 is 0 Å². The first kappa shape index (κ1) is 10.6. The summed E-state index contributed by atoms with van der Waals surface area (Å²) in [5, 5.41) is 0. The van der Waals surface area contributed by atoms with Crippen molar-refractivity contribution in [2.75, 3.05) is 5.75 Å². The highest BCUT2D eigenvalue weighted by atomic mass is 32.2. The number of hydrogen-bond acceptors (Lipinski definition) is 2. The fourth-order valence-electron chi connectivity index (χ4n) is 1.13. The molecule has 0 spiro atoms. The summed E-state index contributed by atoms with van der Waals surface area (Å²) in [5.74, 6) is 2.11. The molecule has 0 aromatic heterocycles. The van der Waals surface area contributed by atoms with Crippen LogP contribution < -0.4 is 5.73 Å². The van der Waals surface area contributed by atoms with Crippen molar-refractivity contribution in [1.82, 2.24) is 0 Å². The molecule has 0 amide bonds. The Balaban J connectivity index is 2.41. The second kappa shape index (κ2) is 5.30. The van der Waals surface area contributed by atoms with Gasteiger partial charge in [0.15, 0.2) is 0 Å². The molecule has 72 valence electrons. The van der Waals surface area contributed by atoms with Crippen LogP contribution in [-0.4, -0.2) is 11.8 Å². The van der Waals surface area contributed by atoms with Gasteiger partial charge in [0.05, 0.1) is 0 Å². The van der Waals surface area contributed by atoms with Crippen molar-refractivity contribution in [1.29, 1.82) is 0 Å². The number of thioether (sulfide) groups is 1. The van der Waals surface area contributed by atoms with E-state index >= 15 is 0 Å². The Bertz CT molecular complexity index is 258. The van der Waals surface area contributed by atoms with Crippen molar-refractivity contribution in [3.8, 4) is 0 Å². The monoisotopic (exact) mass is 195 g/mol. The fourth-order valence-corrected chi connectivity index (χ4v) is 2.16. The van der Waals surface area contributed by atoms with Crippen molar-refractivity contribution in [2.24, 2.45) is 5.73 Å². The van der Waals surface area contributed by atoms with Gasteiger partial charge in [-0.25, -0.2) is 0 Å². The third-order valence-electron chi connectivity index (χ3n) is 1.90. The van der Waals surface area contributed by atoms with E-state index in [9.17, 15) is 0 Å². The molecule has 0 aliphatic rings. The van der Waals surface area contributed by atoms with Crippen LogP contribution in [-0.2, 0) is 5.75 Å². The van der Waals surface area contributed by atoms with E-state index in [4.69, 9.17) is 5.73 Å². The second-order valence-corrected chi connectivity index (χ2v) is 4.45. The largest absolute Gasteiger partial charge is 0.327 e. The van der Waals surface area contributed by atoms with E-state index < -0.39 is 0 Å².